The lowest BCUT2D eigenvalue weighted by atomic mass is 9.96. The molecule has 0 aliphatic rings. The molecule has 0 saturated carbocycles. The summed E-state index contributed by atoms with van der Waals surface area (Å²) in [6.07, 6.45) is -5.55. The van der Waals surface area contributed by atoms with E-state index in [9.17, 15) is 25.2 Å². The maximum atomic E-state index is 12.4. The summed E-state index contributed by atoms with van der Waals surface area (Å²) in [5.74, 6) is 0. The first kappa shape index (κ1) is 35.9. The second-order valence-corrected chi connectivity index (χ2v) is 22.2. The second kappa shape index (κ2) is 14.9. The molecule has 0 saturated heterocycles. The Morgan fingerprint density at radius 1 is 0.543 bits per heavy atom. The summed E-state index contributed by atoms with van der Waals surface area (Å²) in [7, 11) is -6.30. The fourth-order valence-electron chi connectivity index (χ4n) is 6.69. The van der Waals surface area contributed by atoms with Crippen molar-refractivity contribution in [3.05, 3.63) is 121 Å². The van der Waals surface area contributed by atoms with Crippen molar-refractivity contribution in [1.29, 1.82) is 0 Å². The molecule has 0 fully saturated rings. The first-order valence-corrected chi connectivity index (χ1v) is 19.9. The SMILES string of the molecule is CC(C)(CC[C@@H](O)[C@@H](O)[C@H](O)[C@H](O)CO[Si](c1ccccc1)(c1ccccc1)C(C)(C)C)[Si](O)(c1ccccc1)c1ccccc1. The molecule has 246 valence electrons. The van der Waals surface area contributed by atoms with E-state index in [1.54, 1.807) is 0 Å². The molecule has 4 atom stereocenters. The highest BCUT2D eigenvalue weighted by Gasteiger charge is 2.52. The molecular weight excluding hydrogens is 609 g/mol. The minimum absolute atomic E-state index is 0.114. The zero-order chi connectivity index (χ0) is 33.6. The Morgan fingerprint density at radius 3 is 1.26 bits per heavy atom. The Balaban J connectivity index is 1.50. The van der Waals surface area contributed by atoms with E-state index in [1.165, 1.54) is 0 Å². The average Bonchev–Trinajstić information content (AvgIpc) is 3.07. The molecule has 0 aliphatic heterocycles. The molecule has 4 aromatic carbocycles. The van der Waals surface area contributed by atoms with Crippen molar-refractivity contribution in [2.45, 2.75) is 82.0 Å². The van der Waals surface area contributed by atoms with Gasteiger partial charge < -0.3 is 29.6 Å². The third kappa shape index (κ3) is 7.30. The molecule has 6 nitrogen and oxygen atoms in total. The van der Waals surface area contributed by atoms with E-state index in [2.05, 4.69) is 20.8 Å². The van der Waals surface area contributed by atoms with Crippen molar-refractivity contribution in [2.24, 2.45) is 0 Å². The molecule has 8 heteroatoms. The normalized spacial score (nSPS) is 15.6. The van der Waals surface area contributed by atoms with Crippen molar-refractivity contribution < 1.29 is 29.6 Å². The highest BCUT2D eigenvalue weighted by Crippen LogP contribution is 2.41. The van der Waals surface area contributed by atoms with Crippen LogP contribution in [0.1, 0.15) is 47.5 Å². The van der Waals surface area contributed by atoms with Gasteiger partial charge in [-0.05, 0) is 43.7 Å². The standard InChI is InChI=1S/C38H50O6Si2/c1-37(2,3)46(31-22-14-8-15-23-31,32-24-16-9-17-25-32)44-28-34(40)36(42)35(41)33(39)26-27-38(4,5)45(43,29-18-10-6-11-19-29)30-20-12-7-13-21-30/h6-25,33-36,39-43H,26-28H2,1-5H3/t33-,34-,35-,36-/m1/s1. The van der Waals surface area contributed by atoms with E-state index in [0.29, 0.717) is 6.42 Å². The third-order valence-electron chi connectivity index (χ3n) is 9.45. The maximum absolute atomic E-state index is 12.4. The van der Waals surface area contributed by atoms with Crippen LogP contribution in [0.15, 0.2) is 121 Å². The second-order valence-electron chi connectivity index (χ2n) is 14.0. The van der Waals surface area contributed by atoms with Crippen LogP contribution in [0.2, 0.25) is 10.1 Å². The van der Waals surface area contributed by atoms with Crippen molar-refractivity contribution in [3.63, 3.8) is 0 Å². The van der Waals surface area contributed by atoms with Crippen molar-refractivity contribution in [1.82, 2.24) is 0 Å². The maximum Gasteiger partial charge on any atom is 0.261 e. The summed E-state index contributed by atoms with van der Waals surface area (Å²) in [6, 6.07) is 39.2. The Morgan fingerprint density at radius 2 is 0.891 bits per heavy atom. The number of hydrogen-bond donors (Lipinski definition) is 5. The topological polar surface area (TPSA) is 110 Å². The summed E-state index contributed by atoms with van der Waals surface area (Å²) in [4.78, 5) is 12.4. The number of aliphatic hydroxyl groups is 4. The zero-order valence-electron chi connectivity index (χ0n) is 27.6. The van der Waals surface area contributed by atoms with E-state index in [4.69, 9.17) is 4.43 Å². The third-order valence-corrected chi connectivity index (χ3v) is 19.0. The molecule has 0 unspecified atom stereocenters. The summed E-state index contributed by atoms with van der Waals surface area (Å²) in [5, 5.41) is 47.2. The molecule has 4 rings (SSSR count). The summed E-state index contributed by atoms with van der Waals surface area (Å²) in [5.41, 5.74) is 0. The monoisotopic (exact) mass is 658 g/mol. The van der Waals surface area contributed by atoms with E-state index >= 15 is 0 Å². The molecule has 0 aliphatic carbocycles. The van der Waals surface area contributed by atoms with Gasteiger partial charge in [0.2, 0.25) is 0 Å². The minimum Gasteiger partial charge on any atom is -0.424 e. The van der Waals surface area contributed by atoms with E-state index < -0.39 is 46.1 Å². The smallest absolute Gasteiger partial charge is 0.261 e. The van der Waals surface area contributed by atoms with E-state index in [0.717, 1.165) is 20.7 Å². The first-order valence-electron chi connectivity index (χ1n) is 16.1. The predicted molar refractivity (Wildman–Crippen MR) is 191 cm³/mol. The molecule has 0 amide bonds. The van der Waals surface area contributed by atoms with Crippen LogP contribution >= 0.6 is 0 Å². The molecule has 0 heterocycles. The Labute approximate surface area is 276 Å². The van der Waals surface area contributed by atoms with Crippen LogP contribution in [-0.4, -0.2) is 72.9 Å². The summed E-state index contributed by atoms with van der Waals surface area (Å²) in [6.45, 7) is 10.1. The van der Waals surface area contributed by atoms with Gasteiger partial charge >= 0.3 is 0 Å². The van der Waals surface area contributed by atoms with Gasteiger partial charge in [-0.2, -0.15) is 0 Å². The molecule has 0 radical (unpaired) electrons. The van der Waals surface area contributed by atoms with Crippen LogP contribution in [0.25, 0.3) is 0 Å². The highest BCUT2D eigenvalue weighted by atomic mass is 28.4. The van der Waals surface area contributed by atoms with Crippen LogP contribution in [0.3, 0.4) is 0 Å². The van der Waals surface area contributed by atoms with Crippen molar-refractivity contribution in [3.8, 4) is 0 Å². The first-order chi connectivity index (χ1) is 21.8. The molecular formula is C38H50O6Si2. The Kier molecular flexibility index (Phi) is 11.6. The van der Waals surface area contributed by atoms with Crippen LogP contribution in [0, 0.1) is 0 Å². The number of benzene rings is 4. The van der Waals surface area contributed by atoms with Gasteiger partial charge in [-0.25, -0.2) is 0 Å². The highest BCUT2D eigenvalue weighted by molar-refractivity contribution is 6.99. The molecule has 4 aromatic rings. The predicted octanol–water partition coefficient (Wildman–Crippen LogP) is 3.32. The van der Waals surface area contributed by atoms with Gasteiger partial charge in [0.1, 0.15) is 18.3 Å². The summed E-state index contributed by atoms with van der Waals surface area (Å²) < 4.78 is 6.74. The van der Waals surface area contributed by atoms with Gasteiger partial charge in [-0.1, -0.05) is 156 Å². The largest absolute Gasteiger partial charge is 0.424 e. The lowest BCUT2D eigenvalue weighted by Crippen LogP contribution is -2.67. The van der Waals surface area contributed by atoms with Gasteiger partial charge in [-0.3, -0.25) is 0 Å². The van der Waals surface area contributed by atoms with E-state index in [1.807, 2.05) is 135 Å². The fourth-order valence-corrected chi connectivity index (χ4v) is 15.0. The van der Waals surface area contributed by atoms with Crippen LogP contribution < -0.4 is 20.7 Å². The zero-order valence-corrected chi connectivity index (χ0v) is 29.6. The molecule has 0 bridgehead atoms. The van der Waals surface area contributed by atoms with Crippen molar-refractivity contribution >= 4 is 37.4 Å². The lowest BCUT2D eigenvalue weighted by molar-refractivity contribution is -0.115. The van der Waals surface area contributed by atoms with Gasteiger partial charge in [0.05, 0.1) is 12.7 Å². The van der Waals surface area contributed by atoms with Crippen LogP contribution in [0.4, 0.5) is 0 Å². The van der Waals surface area contributed by atoms with Crippen LogP contribution in [-0.2, 0) is 4.43 Å². The quantitative estimate of drug-likeness (QED) is 0.133. The molecule has 0 aromatic heterocycles. The van der Waals surface area contributed by atoms with Crippen LogP contribution in [0.5, 0.6) is 0 Å². The number of aliphatic hydroxyl groups excluding tert-OH is 4. The number of rotatable bonds is 14. The van der Waals surface area contributed by atoms with Crippen molar-refractivity contribution in [2.75, 3.05) is 6.61 Å². The van der Waals surface area contributed by atoms with Gasteiger partial charge in [0.15, 0.2) is 0 Å². The Hall–Kier alpha value is -2.93. The van der Waals surface area contributed by atoms with E-state index in [-0.39, 0.29) is 18.1 Å². The molecule has 5 N–H and O–H groups in total. The molecule has 46 heavy (non-hydrogen) atoms. The number of hydrogen-bond acceptors (Lipinski definition) is 6. The average molecular weight is 659 g/mol. The summed E-state index contributed by atoms with van der Waals surface area (Å²) >= 11 is 0. The Bertz CT molecular complexity index is 1400. The van der Waals surface area contributed by atoms with Gasteiger partial charge in [0, 0.05) is 0 Å². The van der Waals surface area contributed by atoms with Gasteiger partial charge in [-0.15, -0.1) is 0 Å². The fraction of sp³-hybridized carbons (Fsp3) is 0.368. The lowest BCUT2D eigenvalue weighted by Gasteiger charge is -2.44. The molecule has 0 spiro atoms. The minimum atomic E-state index is -3.32. The van der Waals surface area contributed by atoms with Gasteiger partial charge in [0.25, 0.3) is 16.6 Å².